The lowest BCUT2D eigenvalue weighted by molar-refractivity contribution is -0.121. The van der Waals surface area contributed by atoms with Crippen molar-refractivity contribution in [3.05, 3.63) is 29.3 Å². The quantitative estimate of drug-likeness (QED) is 0.846. The Morgan fingerprint density at radius 2 is 1.81 bits per heavy atom. The van der Waals surface area contributed by atoms with Gasteiger partial charge in [0.25, 0.3) is 0 Å². The molecule has 142 valence electrons. The van der Waals surface area contributed by atoms with Crippen LogP contribution in [0.2, 0.25) is 5.02 Å². The fourth-order valence-corrected chi connectivity index (χ4v) is 3.82. The van der Waals surface area contributed by atoms with Gasteiger partial charge < -0.3 is 20.4 Å². The Bertz CT molecular complexity index is 626. The van der Waals surface area contributed by atoms with Gasteiger partial charge in [-0.05, 0) is 31.0 Å². The number of nitrogens with one attached hydrogen (secondary N) is 2. The van der Waals surface area contributed by atoms with Gasteiger partial charge in [0, 0.05) is 42.9 Å². The zero-order valence-electron chi connectivity index (χ0n) is 15.0. The molecule has 0 atom stereocenters. The van der Waals surface area contributed by atoms with Crippen LogP contribution in [-0.2, 0) is 4.79 Å². The number of piperazine rings is 1. The highest BCUT2D eigenvalue weighted by Gasteiger charge is 2.22. The number of carbonyl (C=O) groups is 2. The van der Waals surface area contributed by atoms with Crippen molar-refractivity contribution in [1.82, 2.24) is 15.5 Å². The van der Waals surface area contributed by atoms with Crippen LogP contribution in [0.3, 0.4) is 0 Å². The molecule has 1 saturated heterocycles. The molecular weight excluding hydrogens is 352 g/mol. The van der Waals surface area contributed by atoms with Crippen LogP contribution in [0.4, 0.5) is 10.5 Å². The van der Waals surface area contributed by atoms with Gasteiger partial charge in [0.15, 0.2) is 0 Å². The summed E-state index contributed by atoms with van der Waals surface area (Å²) in [4.78, 5) is 28.3. The number of hydrogen-bond donors (Lipinski definition) is 2. The Morgan fingerprint density at radius 3 is 2.50 bits per heavy atom. The molecule has 7 heteroatoms. The van der Waals surface area contributed by atoms with Crippen LogP contribution in [-0.4, -0.2) is 55.6 Å². The van der Waals surface area contributed by atoms with Crippen LogP contribution in [0.25, 0.3) is 0 Å². The van der Waals surface area contributed by atoms with E-state index in [4.69, 9.17) is 11.6 Å². The standard InChI is InChI=1S/C19H27ClN4O2/c20-15-5-4-8-17(13-15)23-9-11-24(12-10-23)19(26)21-14-18(25)22-16-6-2-1-3-7-16/h4-5,8,13,16H,1-3,6-7,9-12,14H2,(H,21,26)(H,22,25). The summed E-state index contributed by atoms with van der Waals surface area (Å²) in [5, 5.41) is 6.47. The fourth-order valence-electron chi connectivity index (χ4n) is 3.63. The van der Waals surface area contributed by atoms with Crippen molar-refractivity contribution >= 4 is 29.2 Å². The van der Waals surface area contributed by atoms with E-state index in [1.807, 2.05) is 24.3 Å². The summed E-state index contributed by atoms with van der Waals surface area (Å²) in [5.74, 6) is -0.0946. The van der Waals surface area contributed by atoms with E-state index < -0.39 is 0 Å². The lowest BCUT2D eigenvalue weighted by atomic mass is 9.95. The molecule has 0 unspecified atom stereocenters. The Kier molecular flexibility index (Phi) is 6.61. The van der Waals surface area contributed by atoms with Gasteiger partial charge in [-0.3, -0.25) is 4.79 Å². The molecular formula is C19H27ClN4O2. The van der Waals surface area contributed by atoms with Crippen LogP contribution < -0.4 is 15.5 Å². The van der Waals surface area contributed by atoms with Gasteiger partial charge >= 0.3 is 6.03 Å². The predicted octanol–water partition coefficient (Wildman–Crippen LogP) is 2.62. The molecule has 1 aliphatic carbocycles. The number of anilines is 1. The maximum atomic E-state index is 12.3. The number of urea groups is 1. The normalized spacial score (nSPS) is 18.5. The molecule has 0 bridgehead atoms. The third-order valence-electron chi connectivity index (χ3n) is 5.11. The van der Waals surface area contributed by atoms with E-state index >= 15 is 0 Å². The maximum absolute atomic E-state index is 12.3. The number of amides is 3. The van der Waals surface area contributed by atoms with E-state index in [1.165, 1.54) is 19.3 Å². The van der Waals surface area contributed by atoms with E-state index in [-0.39, 0.29) is 24.5 Å². The zero-order chi connectivity index (χ0) is 18.4. The Morgan fingerprint density at radius 1 is 1.08 bits per heavy atom. The number of carbonyl (C=O) groups excluding carboxylic acids is 2. The van der Waals surface area contributed by atoms with E-state index in [0.717, 1.165) is 31.6 Å². The van der Waals surface area contributed by atoms with E-state index in [9.17, 15) is 9.59 Å². The van der Waals surface area contributed by atoms with Gasteiger partial charge in [-0.2, -0.15) is 0 Å². The minimum Gasteiger partial charge on any atom is -0.368 e. The fraction of sp³-hybridized carbons (Fsp3) is 0.579. The Balaban J connectivity index is 1.38. The van der Waals surface area contributed by atoms with Gasteiger partial charge in [-0.15, -0.1) is 0 Å². The van der Waals surface area contributed by atoms with Crippen molar-refractivity contribution in [1.29, 1.82) is 0 Å². The minimum absolute atomic E-state index is 0.0455. The predicted molar refractivity (Wildman–Crippen MR) is 104 cm³/mol. The first-order valence-electron chi connectivity index (χ1n) is 9.44. The largest absolute Gasteiger partial charge is 0.368 e. The lowest BCUT2D eigenvalue weighted by Gasteiger charge is -2.36. The molecule has 26 heavy (non-hydrogen) atoms. The number of rotatable bonds is 4. The molecule has 1 aliphatic heterocycles. The molecule has 1 aromatic carbocycles. The van der Waals surface area contributed by atoms with E-state index in [1.54, 1.807) is 4.90 Å². The zero-order valence-corrected chi connectivity index (χ0v) is 15.8. The topological polar surface area (TPSA) is 64.7 Å². The van der Waals surface area contributed by atoms with Crippen LogP contribution in [0.15, 0.2) is 24.3 Å². The molecule has 3 rings (SSSR count). The summed E-state index contributed by atoms with van der Waals surface area (Å²) in [7, 11) is 0. The maximum Gasteiger partial charge on any atom is 0.317 e. The average Bonchev–Trinajstić information content (AvgIpc) is 2.67. The van der Waals surface area contributed by atoms with E-state index in [0.29, 0.717) is 18.1 Å². The van der Waals surface area contributed by atoms with Crippen LogP contribution in [0.1, 0.15) is 32.1 Å². The number of halogens is 1. The van der Waals surface area contributed by atoms with Crippen molar-refractivity contribution in [2.24, 2.45) is 0 Å². The first-order chi connectivity index (χ1) is 12.6. The average molecular weight is 379 g/mol. The molecule has 1 saturated carbocycles. The molecule has 3 amide bonds. The van der Waals surface area contributed by atoms with Crippen LogP contribution >= 0.6 is 11.6 Å². The van der Waals surface area contributed by atoms with Crippen LogP contribution in [0.5, 0.6) is 0 Å². The summed E-state index contributed by atoms with van der Waals surface area (Å²) in [5.41, 5.74) is 1.07. The summed E-state index contributed by atoms with van der Waals surface area (Å²) in [6.07, 6.45) is 5.70. The Labute approximate surface area is 159 Å². The van der Waals surface area contributed by atoms with Crippen molar-refractivity contribution in [2.75, 3.05) is 37.6 Å². The van der Waals surface area contributed by atoms with Crippen molar-refractivity contribution in [3.63, 3.8) is 0 Å². The first kappa shape index (κ1) is 18.8. The summed E-state index contributed by atoms with van der Waals surface area (Å²) in [6, 6.07) is 7.85. The van der Waals surface area contributed by atoms with Gasteiger partial charge in [-0.25, -0.2) is 4.79 Å². The summed E-state index contributed by atoms with van der Waals surface area (Å²) in [6.45, 7) is 2.80. The third-order valence-corrected chi connectivity index (χ3v) is 5.35. The molecule has 2 N–H and O–H groups in total. The highest BCUT2D eigenvalue weighted by molar-refractivity contribution is 6.30. The van der Waals surface area contributed by atoms with Gasteiger partial charge in [0.2, 0.25) is 5.91 Å². The molecule has 1 aromatic rings. The van der Waals surface area contributed by atoms with Crippen molar-refractivity contribution in [2.45, 2.75) is 38.1 Å². The van der Waals surface area contributed by atoms with E-state index in [2.05, 4.69) is 15.5 Å². The highest BCUT2D eigenvalue weighted by Crippen LogP contribution is 2.20. The van der Waals surface area contributed by atoms with Gasteiger partial charge in [-0.1, -0.05) is 36.9 Å². The highest BCUT2D eigenvalue weighted by atomic mass is 35.5. The number of benzene rings is 1. The molecule has 2 fully saturated rings. The first-order valence-corrected chi connectivity index (χ1v) is 9.82. The molecule has 6 nitrogen and oxygen atoms in total. The van der Waals surface area contributed by atoms with Gasteiger partial charge in [0.1, 0.15) is 0 Å². The summed E-state index contributed by atoms with van der Waals surface area (Å²) < 4.78 is 0. The molecule has 2 aliphatic rings. The van der Waals surface area contributed by atoms with Crippen molar-refractivity contribution < 1.29 is 9.59 Å². The number of hydrogen-bond acceptors (Lipinski definition) is 3. The smallest absolute Gasteiger partial charge is 0.317 e. The monoisotopic (exact) mass is 378 g/mol. The molecule has 0 spiro atoms. The molecule has 0 aromatic heterocycles. The Hall–Kier alpha value is -1.95. The minimum atomic E-state index is -0.172. The lowest BCUT2D eigenvalue weighted by Crippen LogP contribution is -2.53. The summed E-state index contributed by atoms with van der Waals surface area (Å²) >= 11 is 6.04. The number of nitrogens with zero attached hydrogens (tertiary/aromatic N) is 2. The SMILES string of the molecule is O=C(CNC(=O)N1CCN(c2cccc(Cl)c2)CC1)NC1CCCCC1. The van der Waals surface area contributed by atoms with Crippen molar-refractivity contribution in [3.8, 4) is 0 Å². The molecule has 0 radical (unpaired) electrons. The molecule has 1 heterocycles. The second-order valence-electron chi connectivity index (χ2n) is 7.02. The second kappa shape index (κ2) is 9.12. The van der Waals surface area contributed by atoms with Crippen LogP contribution in [0, 0.1) is 0 Å². The van der Waals surface area contributed by atoms with Gasteiger partial charge in [0.05, 0.1) is 6.54 Å². The third kappa shape index (κ3) is 5.27. The second-order valence-corrected chi connectivity index (χ2v) is 7.45.